The van der Waals surface area contributed by atoms with Crippen molar-refractivity contribution in [3.05, 3.63) is 26.7 Å². The predicted molar refractivity (Wildman–Crippen MR) is 87.2 cm³/mol. The Bertz CT molecular complexity index is 769. The Morgan fingerprint density at radius 3 is 2.45 bits per heavy atom. The topological polar surface area (TPSA) is 87.8 Å². The maximum Gasteiger partial charge on any atom is 0.332 e. The SMILES string of the molecule is CCCc1nc2c(c(=O)n(CC)c(=O)n2C)n1CCCCN. The zero-order chi connectivity index (χ0) is 16.3. The van der Waals surface area contributed by atoms with Crippen LogP contribution >= 0.6 is 0 Å². The van der Waals surface area contributed by atoms with Gasteiger partial charge in [0.1, 0.15) is 5.82 Å². The Morgan fingerprint density at radius 1 is 1.14 bits per heavy atom. The number of nitrogens with two attached hydrogens (primary N) is 1. The normalized spacial score (nSPS) is 11.5. The Hall–Kier alpha value is -1.89. The zero-order valence-electron chi connectivity index (χ0n) is 13.6. The third kappa shape index (κ3) is 2.72. The third-order valence-electron chi connectivity index (χ3n) is 3.94. The van der Waals surface area contributed by atoms with Crippen LogP contribution in [0.4, 0.5) is 0 Å². The number of nitrogens with zero attached hydrogens (tertiary/aromatic N) is 4. The van der Waals surface area contributed by atoms with Crippen molar-refractivity contribution in [3.8, 4) is 0 Å². The van der Waals surface area contributed by atoms with Crippen LogP contribution in [0.25, 0.3) is 11.2 Å². The van der Waals surface area contributed by atoms with Gasteiger partial charge in [-0.15, -0.1) is 0 Å². The van der Waals surface area contributed by atoms with Crippen LogP contribution in [0.2, 0.25) is 0 Å². The van der Waals surface area contributed by atoms with Gasteiger partial charge in [0.2, 0.25) is 0 Å². The highest BCUT2D eigenvalue weighted by molar-refractivity contribution is 5.71. The van der Waals surface area contributed by atoms with Crippen LogP contribution in [0, 0.1) is 0 Å². The number of hydrogen-bond donors (Lipinski definition) is 1. The lowest BCUT2D eigenvalue weighted by Gasteiger charge is -2.09. The fourth-order valence-electron chi connectivity index (χ4n) is 2.77. The predicted octanol–water partition coefficient (Wildman–Crippen LogP) is 0.608. The second-order valence-electron chi connectivity index (χ2n) is 5.49. The number of hydrogen-bond acceptors (Lipinski definition) is 4. The summed E-state index contributed by atoms with van der Waals surface area (Å²) in [6.07, 6.45) is 3.53. The second kappa shape index (κ2) is 6.91. The van der Waals surface area contributed by atoms with Gasteiger partial charge in [-0.3, -0.25) is 13.9 Å². The Morgan fingerprint density at radius 2 is 1.86 bits per heavy atom. The van der Waals surface area contributed by atoms with Gasteiger partial charge in [-0.2, -0.15) is 0 Å². The van der Waals surface area contributed by atoms with Gasteiger partial charge in [0.25, 0.3) is 5.56 Å². The molecule has 0 aliphatic rings. The van der Waals surface area contributed by atoms with Gasteiger partial charge in [-0.05, 0) is 32.7 Å². The molecule has 0 unspecified atom stereocenters. The molecule has 0 radical (unpaired) electrons. The fraction of sp³-hybridized carbons (Fsp3) is 0.667. The first-order valence-electron chi connectivity index (χ1n) is 7.95. The monoisotopic (exact) mass is 307 g/mol. The van der Waals surface area contributed by atoms with Crippen LogP contribution < -0.4 is 17.0 Å². The van der Waals surface area contributed by atoms with Gasteiger partial charge in [0, 0.05) is 26.6 Å². The molecule has 7 nitrogen and oxygen atoms in total. The molecule has 0 saturated heterocycles. The van der Waals surface area contributed by atoms with E-state index in [1.165, 1.54) is 9.13 Å². The standard InChI is InChI=1S/C15H25N5O2/c1-4-8-11-17-13-12(20(11)10-7-6-9-16)14(21)19(5-2)15(22)18(13)3/h4-10,16H2,1-3H3. The Kier molecular flexibility index (Phi) is 5.18. The van der Waals surface area contributed by atoms with Crippen LogP contribution in [-0.2, 0) is 26.6 Å². The van der Waals surface area contributed by atoms with E-state index in [1.807, 2.05) is 4.57 Å². The van der Waals surface area contributed by atoms with Crippen LogP contribution in [-0.4, -0.2) is 25.2 Å². The second-order valence-corrected chi connectivity index (χ2v) is 5.49. The van der Waals surface area contributed by atoms with Gasteiger partial charge < -0.3 is 10.3 Å². The molecular formula is C15H25N5O2. The maximum absolute atomic E-state index is 12.7. The minimum absolute atomic E-state index is 0.247. The molecule has 2 heterocycles. The van der Waals surface area contributed by atoms with Crippen LogP contribution in [0.15, 0.2) is 9.59 Å². The minimum Gasteiger partial charge on any atom is -0.330 e. The molecule has 2 aromatic rings. The molecule has 0 spiro atoms. The first-order valence-corrected chi connectivity index (χ1v) is 7.95. The van der Waals surface area contributed by atoms with E-state index in [4.69, 9.17) is 5.73 Å². The van der Waals surface area contributed by atoms with E-state index in [-0.39, 0.29) is 11.2 Å². The number of rotatable bonds is 7. The molecule has 0 saturated carbocycles. The highest BCUT2D eigenvalue weighted by Crippen LogP contribution is 2.14. The fourth-order valence-corrected chi connectivity index (χ4v) is 2.77. The van der Waals surface area contributed by atoms with E-state index in [0.29, 0.717) is 30.8 Å². The van der Waals surface area contributed by atoms with E-state index < -0.39 is 0 Å². The van der Waals surface area contributed by atoms with Gasteiger partial charge in [-0.1, -0.05) is 6.92 Å². The largest absolute Gasteiger partial charge is 0.332 e. The van der Waals surface area contributed by atoms with Crippen LogP contribution in [0.5, 0.6) is 0 Å². The number of aryl methyl sites for hydroxylation is 3. The molecule has 22 heavy (non-hydrogen) atoms. The van der Waals surface area contributed by atoms with Gasteiger partial charge in [0.15, 0.2) is 11.2 Å². The quantitative estimate of drug-likeness (QED) is 0.759. The first kappa shape index (κ1) is 16.5. The molecule has 122 valence electrons. The average Bonchev–Trinajstić information content (AvgIpc) is 2.85. The third-order valence-corrected chi connectivity index (χ3v) is 3.94. The van der Waals surface area contributed by atoms with Crippen molar-refractivity contribution in [1.82, 2.24) is 18.7 Å². The van der Waals surface area contributed by atoms with E-state index in [2.05, 4.69) is 11.9 Å². The molecule has 7 heteroatoms. The summed E-state index contributed by atoms with van der Waals surface area (Å²) in [6.45, 7) is 5.58. The number of imidazole rings is 1. The van der Waals surface area contributed by atoms with Crippen molar-refractivity contribution in [3.63, 3.8) is 0 Å². The van der Waals surface area contributed by atoms with Gasteiger partial charge in [0.05, 0.1) is 0 Å². The molecule has 0 aliphatic heterocycles. The summed E-state index contributed by atoms with van der Waals surface area (Å²) >= 11 is 0. The van der Waals surface area contributed by atoms with Crippen LogP contribution in [0.3, 0.4) is 0 Å². The van der Waals surface area contributed by atoms with E-state index >= 15 is 0 Å². The van der Waals surface area contributed by atoms with Crippen molar-refractivity contribution in [2.45, 2.75) is 52.6 Å². The lowest BCUT2D eigenvalue weighted by molar-refractivity contribution is 0.590. The molecule has 2 N–H and O–H groups in total. The van der Waals surface area contributed by atoms with Crippen molar-refractivity contribution >= 4 is 11.2 Å². The summed E-state index contributed by atoms with van der Waals surface area (Å²) in [5.41, 5.74) is 6.02. The summed E-state index contributed by atoms with van der Waals surface area (Å²) in [5.74, 6) is 0.871. The van der Waals surface area contributed by atoms with Crippen molar-refractivity contribution in [2.75, 3.05) is 6.54 Å². The summed E-state index contributed by atoms with van der Waals surface area (Å²) in [5, 5.41) is 0. The highest BCUT2D eigenvalue weighted by atomic mass is 16.2. The molecule has 0 fully saturated rings. The Balaban J connectivity index is 2.73. The van der Waals surface area contributed by atoms with Crippen molar-refractivity contribution in [1.29, 1.82) is 0 Å². The lowest BCUT2D eigenvalue weighted by Crippen LogP contribution is -2.39. The molecule has 0 bridgehead atoms. The van der Waals surface area contributed by atoms with Crippen LogP contribution in [0.1, 0.15) is 38.9 Å². The average molecular weight is 307 g/mol. The Labute approximate surface area is 129 Å². The summed E-state index contributed by atoms with van der Waals surface area (Å²) in [7, 11) is 1.67. The van der Waals surface area contributed by atoms with Gasteiger partial charge >= 0.3 is 5.69 Å². The molecule has 2 aromatic heterocycles. The van der Waals surface area contributed by atoms with E-state index in [9.17, 15) is 9.59 Å². The molecular weight excluding hydrogens is 282 g/mol. The maximum atomic E-state index is 12.7. The summed E-state index contributed by atoms with van der Waals surface area (Å²) < 4.78 is 4.71. The van der Waals surface area contributed by atoms with Crippen molar-refractivity contribution in [2.24, 2.45) is 12.8 Å². The van der Waals surface area contributed by atoms with E-state index in [1.54, 1.807) is 14.0 Å². The minimum atomic E-state index is -0.311. The van der Waals surface area contributed by atoms with E-state index in [0.717, 1.165) is 31.5 Å². The highest BCUT2D eigenvalue weighted by Gasteiger charge is 2.18. The number of fused-ring (bicyclic) bond motifs is 1. The number of aromatic nitrogens is 4. The summed E-state index contributed by atoms with van der Waals surface area (Å²) in [4.78, 5) is 29.5. The number of unbranched alkanes of at least 4 members (excludes halogenated alkanes) is 1. The van der Waals surface area contributed by atoms with Crippen molar-refractivity contribution < 1.29 is 0 Å². The molecule has 0 atom stereocenters. The molecule has 2 rings (SSSR count). The molecule has 0 aromatic carbocycles. The molecule has 0 amide bonds. The first-order chi connectivity index (χ1) is 10.6. The van der Waals surface area contributed by atoms with Gasteiger partial charge in [-0.25, -0.2) is 9.78 Å². The zero-order valence-corrected chi connectivity index (χ0v) is 13.6. The summed E-state index contributed by atoms with van der Waals surface area (Å²) in [6, 6.07) is 0. The smallest absolute Gasteiger partial charge is 0.330 e. The lowest BCUT2D eigenvalue weighted by atomic mass is 10.3. The molecule has 0 aliphatic carbocycles.